The smallest absolute Gasteiger partial charge is 0.222 e. The van der Waals surface area contributed by atoms with E-state index in [2.05, 4.69) is 9.80 Å². The molecule has 0 aromatic heterocycles. The van der Waals surface area contributed by atoms with E-state index in [0.717, 1.165) is 39.1 Å². The summed E-state index contributed by atoms with van der Waals surface area (Å²) in [6, 6.07) is 0.460. The molecule has 2 saturated heterocycles. The Kier molecular flexibility index (Phi) is 6.13. The van der Waals surface area contributed by atoms with Gasteiger partial charge in [0.2, 0.25) is 5.91 Å². The molecule has 4 nitrogen and oxygen atoms in total. The quantitative estimate of drug-likeness (QED) is 0.732. The van der Waals surface area contributed by atoms with Gasteiger partial charge in [0.05, 0.1) is 12.7 Å². The fourth-order valence-corrected chi connectivity index (χ4v) is 4.30. The van der Waals surface area contributed by atoms with Crippen LogP contribution >= 0.6 is 0 Å². The molecule has 2 heterocycles. The molecule has 1 aliphatic carbocycles. The molecule has 0 spiro atoms. The van der Waals surface area contributed by atoms with Crippen LogP contribution in [0.3, 0.4) is 0 Å². The molecule has 1 unspecified atom stereocenters. The zero-order valence-corrected chi connectivity index (χ0v) is 14.0. The summed E-state index contributed by atoms with van der Waals surface area (Å²) < 4.78 is 6.13. The van der Waals surface area contributed by atoms with Gasteiger partial charge < -0.3 is 9.64 Å². The van der Waals surface area contributed by atoms with Gasteiger partial charge in [-0.15, -0.1) is 0 Å². The van der Waals surface area contributed by atoms with Gasteiger partial charge in [-0.3, -0.25) is 9.69 Å². The van der Waals surface area contributed by atoms with E-state index in [1.165, 1.54) is 57.9 Å². The third-order valence-electron chi connectivity index (χ3n) is 5.59. The molecule has 2 aliphatic heterocycles. The van der Waals surface area contributed by atoms with E-state index in [1.54, 1.807) is 0 Å². The van der Waals surface area contributed by atoms with E-state index in [9.17, 15) is 4.79 Å². The number of amides is 1. The van der Waals surface area contributed by atoms with Gasteiger partial charge in [0.25, 0.3) is 0 Å². The van der Waals surface area contributed by atoms with Crippen molar-refractivity contribution in [2.24, 2.45) is 0 Å². The maximum atomic E-state index is 11.9. The summed E-state index contributed by atoms with van der Waals surface area (Å²) in [4.78, 5) is 16.6. The van der Waals surface area contributed by atoms with Crippen molar-refractivity contribution in [3.8, 4) is 0 Å². The molecule has 0 radical (unpaired) electrons. The number of ether oxygens (including phenoxy) is 1. The number of carbonyl (C=O) groups excluding carboxylic acids is 1. The monoisotopic (exact) mass is 308 g/mol. The van der Waals surface area contributed by atoms with Gasteiger partial charge >= 0.3 is 0 Å². The lowest BCUT2D eigenvalue weighted by molar-refractivity contribution is -0.130. The molecule has 4 heteroatoms. The van der Waals surface area contributed by atoms with Crippen molar-refractivity contribution < 1.29 is 9.53 Å². The van der Waals surface area contributed by atoms with Gasteiger partial charge in [-0.25, -0.2) is 0 Å². The van der Waals surface area contributed by atoms with Crippen LogP contribution in [0.2, 0.25) is 0 Å². The van der Waals surface area contributed by atoms with Crippen molar-refractivity contribution in [2.45, 2.75) is 76.4 Å². The lowest BCUT2D eigenvalue weighted by Crippen LogP contribution is -2.49. The zero-order chi connectivity index (χ0) is 15.2. The predicted octanol–water partition coefficient (Wildman–Crippen LogP) is 2.81. The van der Waals surface area contributed by atoms with Gasteiger partial charge in [0.15, 0.2) is 0 Å². The molecule has 3 aliphatic rings. The first-order valence-electron chi connectivity index (χ1n) is 9.46. The highest BCUT2D eigenvalue weighted by atomic mass is 16.5. The molecule has 0 aromatic rings. The first-order valence-corrected chi connectivity index (χ1v) is 9.46. The first kappa shape index (κ1) is 16.3. The van der Waals surface area contributed by atoms with E-state index in [0.29, 0.717) is 18.1 Å². The number of piperidine rings is 1. The predicted molar refractivity (Wildman–Crippen MR) is 87.9 cm³/mol. The zero-order valence-electron chi connectivity index (χ0n) is 14.0. The van der Waals surface area contributed by atoms with Gasteiger partial charge in [0, 0.05) is 32.1 Å². The Hall–Kier alpha value is -0.610. The molecule has 0 N–H and O–H groups in total. The van der Waals surface area contributed by atoms with Crippen LogP contribution in [0.15, 0.2) is 0 Å². The van der Waals surface area contributed by atoms with Crippen molar-refractivity contribution in [2.75, 3.05) is 32.8 Å². The topological polar surface area (TPSA) is 32.8 Å². The van der Waals surface area contributed by atoms with E-state index in [-0.39, 0.29) is 0 Å². The molecule has 3 rings (SSSR count). The molecular formula is C18H32N2O2. The van der Waals surface area contributed by atoms with E-state index in [4.69, 9.17) is 4.74 Å². The molecule has 1 saturated carbocycles. The van der Waals surface area contributed by atoms with Gasteiger partial charge in [-0.1, -0.05) is 25.7 Å². The van der Waals surface area contributed by atoms with Crippen LogP contribution in [0.4, 0.5) is 0 Å². The maximum Gasteiger partial charge on any atom is 0.222 e. The lowest BCUT2D eigenvalue weighted by Gasteiger charge is -2.37. The third kappa shape index (κ3) is 4.45. The van der Waals surface area contributed by atoms with Crippen LogP contribution in [-0.4, -0.2) is 60.6 Å². The minimum absolute atomic E-state index is 0.376. The highest BCUT2D eigenvalue weighted by molar-refractivity contribution is 5.78. The third-order valence-corrected chi connectivity index (χ3v) is 5.59. The Morgan fingerprint density at radius 1 is 0.955 bits per heavy atom. The Morgan fingerprint density at radius 3 is 2.50 bits per heavy atom. The molecule has 3 fully saturated rings. The van der Waals surface area contributed by atoms with Crippen molar-refractivity contribution in [1.82, 2.24) is 9.80 Å². The van der Waals surface area contributed by atoms with E-state index >= 15 is 0 Å². The van der Waals surface area contributed by atoms with Crippen LogP contribution in [-0.2, 0) is 9.53 Å². The molecule has 1 amide bonds. The summed E-state index contributed by atoms with van der Waals surface area (Å²) in [6.07, 6.45) is 12.7. The molecule has 126 valence electrons. The van der Waals surface area contributed by atoms with E-state index in [1.807, 2.05) is 0 Å². The van der Waals surface area contributed by atoms with Crippen molar-refractivity contribution in [3.63, 3.8) is 0 Å². The SMILES string of the molecule is O=C1CCCN1C1CCCN(CCOC2CCCCCC2)C1. The normalized spacial score (nSPS) is 29.0. The Morgan fingerprint density at radius 2 is 1.77 bits per heavy atom. The Balaban J connectivity index is 1.38. The number of nitrogens with zero attached hydrogens (tertiary/aromatic N) is 2. The molecule has 0 aromatic carbocycles. The molecular weight excluding hydrogens is 276 g/mol. The highest BCUT2D eigenvalue weighted by Gasteiger charge is 2.31. The maximum absolute atomic E-state index is 11.9. The summed E-state index contributed by atoms with van der Waals surface area (Å²) in [5.74, 6) is 0.376. The summed E-state index contributed by atoms with van der Waals surface area (Å²) in [5, 5.41) is 0. The number of hydrogen-bond acceptors (Lipinski definition) is 3. The van der Waals surface area contributed by atoms with Crippen LogP contribution < -0.4 is 0 Å². The summed E-state index contributed by atoms with van der Waals surface area (Å²) >= 11 is 0. The molecule has 22 heavy (non-hydrogen) atoms. The fraction of sp³-hybridized carbons (Fsp3) is 0.944. The standard InChI is InChI=1S/C18H32N2O2/c21-18-10-6-12-20(18)16-7-5-11-19(15-16)13-14-22-17-8-3-1-2-4-9-17/h16-17H,1-15H2. The Labute approximate surface area is 135 Å². The summed E-state index contributed by atoms with van der Waals surface area (Å²) in [5.41, 5.74) is 0. The average molecular weight is 308 g/mol. The van der Waals surface area contributed by atoms with Crippen molar-refractivity contribution in [1.29, 1.82) is 0 Å². The molecule has 0 bridgehead atoms. The lowest BCUT2D eigenvalue weighted by atomic mass is 10.0. The van der Waals surface area contributed by atoms with Crippen molar-refractivity contribution >= 4 is 5.91 Å². The van der Waals surface area contributed by atoms with Gasteiger partial charge in [-0.2, -0.15) is 0 Å². The minimum atomic E-state index is 0.376. The van der Waals surface area contributed by atoms with Crippen LogP contribution in [0.1, 0.15) is 64.2 Å². The number of carbonyl (C=O) groups is 1. The van der Waals surface area contributed by atoms with Crippen LogP contribution in [0.25, 0.3) is 0 Å². The number of likely N-dealkylation sites (tertiary alicyclic amines) is 2. The second kappa shape index (κ2) is 8.30. The fourth-order valence-electron chi connectivity index (χ4n) is 4.30. The van der Waals surface area contributed by atoms with Crippen molar-refractivity contribution in [3.05, 3.63) is 0 Å². The highest BCUT2D eigenvalue weighted by Crippen LogP contribution is 2.22. The average Bonchev–Trinajstić information content (AvgIpc) is 2.80. The first-order chi connectivity index (χ1) is 10.8. The van der Waals surface area contributed by atoms with Gasteiger partial charge in [0.1, 0.15) is 0 Å². The van der Waals surface area contributed by atoms with Crippen LogP contribution in [0.5, 0.6) is 0 Å². The summed E-state index contributed by atoms with van der Waals surface area (Å²) in [6.45, 7) is 5.11. The summed E-state index contributed by atoms with van der Waals surface area (Å²) in [7, 11) is 0. The van der Waals surface area contributed by atoms with Gasteiger partial charge in [-0.05, 0) is 38.6 Å². The second-order valence-electron chi connectivity index (χ2n) is 7.27. The minimum Gasteiger partial charge on any atom is -0.377 e. The van der Waals surface area contributed by atoms with E-state index < -0.39 is 0 Å². The Bertz CT molecular complexity index is 353. The second-order valence-corrected chi connectivity index (χ2v) is 7.27. The largest absolute Gasteiger partial charge is 0.377 e. The number of hydrogen-bond donors (Lipinski definition) is 0. The molecule has 1 atom stereocenters. The number of rotatable bonds is 5. The van der Waals surface area contributed by atoms with Crippen LogP contribution in [0, 0.1) is 0 Å².